The second-order valence-electron chi connectivity index (χ2n) is 4.67. The fraction of sp³-hybridized carbons (Fsp3) is 0.500. The highest BCUT2D eigenvalue weighted by Crippen LogP contribution is 2.19. The molecule has 1 unspecified atom stereocenters. The molecule has 0 aliphatic carbocycles. The molecule has 2 N–H and O–H groups in total. The summed E-state index contributed by atoms with van der Waals surface area (Å²) >= 11 is 1.73. The third-order valence-electron chi connectivity index (χ3n) is 3.39. The molecular formula is C14H21ClN2OS. The van der Waals surface area contributed by atoms with Crippen LogP contribution in [-0.4, -0.2) is 35.4 Å². The number of thioether (sulfide) groups is 1. The molecule has 0 aromatic heterocycles. The number of carbonyl (C=O) groups is 1. The Morgan fingerprint density at radius 1 is 1.42 bits per heavy atom. The number of nitrogens with two attached hydrogens (primary N) is 1. The van der Waals surface area contributed by atoms with E-state index >= 15 is 0 Å². The number of nitrogens with zero attached hydrogens (tertiary/aromatic N) is 1. The molecule has 0 spiro atoms. The first-order chi connectivity index (χ1) is 8.72. The van der Waals surface area contributed by atoms with Gasteiger partial charge in [0.15, 0.2) is 0 Å². The Balaban J connectivity index is 0.00000180. The molecule has 0 radical (unpaired) electrons. The van der Waals surface area contributed by atoms with Gasteiger partial charge in [-0.25, -0.2) is 0 Å². The number of hydrogen-bond donors (Lipinski definition) is 1. The number of rotatable bonds is 4. The van der Waals surface area contributed by atoms with E-state index < -0.39 is 0 Å². The van der Waals surface area contributed by atoms with E-state index in [9.17, 15) is 4.79 Å². The summed E-state index contributed by atoms with van der Waals surface area (Å²) < 4.78 is 0. The maximum absolute atomic E-state index is 12.2. The third kappa shape index (κ3) is 4.13. The van der Waals surface area contributed by atoms with Gasteiger partial charge in [0.2, 0.25) is 5.91 Å². The number of halogens is 1. The van der Waals surface area contributed by atoms with E-state index in [1.807, 2.05) is 17.2 Å². The predicted molar refractivity (Wildman–Crippen MR) is 83.8 cm³/mol. The van der Waals surface area contributed by atoms with Crippen molar-refractivity contribution in [2.75, 3.05) is 18.6 Å². The lowest BCUT2D eigenvalue weighted by Gasteiger charge is -2.30. The highest BCUT2D eigenvalue weighted by Gasteiger charge is 2.24. The van der Waals surface area contributed by atoms with Crippen molar-refractivity contribution < 1.29 is 4.79 Å². The standard InChI is InChI=1S/C14H20N2OS.ClH/c1-18-9-7-13(15)14(17)16-8-6-11-4-2-3-5-12(11)10-16;/h2-5,13H,6-10,15H2,1H3;1H. The van der Waals surface area contributed by atoms with Crippen LogP contribution in [0.2, 0.25) is 0 Å². The maximum atomic E-state index is 12.2. The van der Waals surface area contributed by atoms with Gasteiger partial charge in [-0.2, -0.15) is 11.8 Å². The predicted octanol–water partition coefficient (Wildman–Crippen LogP) is 2.07. The second-order valence-corrected chi connectivity index (χ2v) is 5.65. The van der Waals surface area contributed by atoms with Gasteiger partial charge >= 0.3 is 0 Å². The molecule has 1 aromatic carbocycles. The molecule has 1 heterocycles. The average molecular weight is 301 g/mol. The van der Waals surface area contributed by atoms with Crippen LogP contribution in [0.3, 0.4) is 0 Å². The maximum Gasteiger partial charge on any atom is 0.239 e. The smallest absolute Gasteiger partial charge is 0.239 e. The zero-order valence-electron chi connectivity index (χ0n) is 11.2. The molecule has 0 fully saturated rings. The second kappa shape index (κ2) is 7.78. The van der Waals surface area contributed by atoms with Crippen LogP contribution >= 0.6 is 24.2 Å². The average Bonchev–Trinajstić information content (AvgIpc) is 2.43. The summed E-state index contributed by atoms with van der Waals surface area (Å²) in [6.07, 6.45) is 3.74. The summed E-state index contributed by atoms with van der Waals surface area (Å²) in [5.41, 5.74) is 8.57. The van der Waals surface area contributed by atoms with Crippen LogP contribution in [0, 0.1) is 0 Å². The van der Waals surface area contributed by atoms with Crippen molar-refractivity contribution in [3.63, 3.8) is 0 Å². The number of hydrogen-bond acceptors (Lipinski definition) is 3. The van der Waals surface area contributed by atoms with E-state index in [-0.39, 0.29) is 24.4 Å². The first kappa shape index (κ1) is 16.3. The molecule has 0 bridgehead atoms. The van der Waals surface area contributed by atoms with Crippen LogP contribution in [0.25, 0.3) is 0 Å². The molecule has 3 nitrogen and oxygen atoms in total. The number of carbonyl (C=O) groups excluding carboxylic acids is 1. The molecule has 1 atom stereocenters. The van der Waals surface area contributed by atoms with E-state index in [0.29, 0.717) is 6.54 Å². The zero-order valence-corrected chi connectivity index (χ0v) is 12.8. The highest BCUT2D eigenvalue weighted by molar-refractivity contribution is 7.98. The molecule has 1 aromatic rings. The Morgan fingerprint density at radius 3 is 2.79 bits per heavy atom. The SMILES string of the molecule is CSCCC(N)C(=O)N1CCc2ccccc2C1.Cl. The van der Waals surface area contributed by atoms with E-state index in [2.05, 4.69) is 18.2 Å². The molecule has 106 valence electrons. The Morgan fingerprint density at radius 2 is 2.11 bits per heavy atom. The van der Waals surface area contributed by atoms with Crippen LogP contribution in [-0.2, 0) is 17.8 Å². The van der Waals surface area contributed by atoms with Gasteiger partial charge in [-0.3, -0.25) is 4.79 Å². The van der Waals surface area contributed by atoms with Crippen molar-refractivity contribution in [2.45, 2.75) is 25.4 Å². The van der Waals surface area contributed by atoms with E-state index in [4.69, 9.17) is 5.73 Å². The van der Waals surface area contributed by atoms with Gasteiger partial charge in [0.05, 0.1) is 6.04 Å². The highest BCUT2D eigenvalue weighted by atomic mass is 35.5. The van der Waals surface area contributed by atoms with Crippen molar-refractivity contribution in [1.82, 2.24) is 4.90 Å². The molecule has 0 saturated carbocycles. The molecule has 2 rings (SSSR count). The molecule has 0 saturated heterocycles. The van der Waals surface area contributed by atoms with Gasteiger partial charge in [0, 0.05) is 13.1 Å². The van der Waals surface area contributed by atoms with Crippen molar-refractivity contribution in [3.8, 4) is 0 Å². The van der Waals surface area contributed by atoms with Gasteiger partial charge in [0.25, 0.3) is 0 Å². The lowest BCUT2D eigenvalue weighted by molar-refractivity contribution is -0.133. The van der Waals surface area contributed by atoms with Crippen molar-refractivity contribution in [2.24, 2.45) is 5.73 Å². The minimum Gasteiger partial charge on any atom is -0.337 e. The lowest BCUT2D eigenvalue weighted by Crippen LogP contribution is -2.46. The van der Waals surface area contributed by atoms with Gasteiger partial charge in [-0.05, 0) is 36.0 Å². The van der Waals surface area contributed by atoms with Gasteiger partial charge in [0.1, 0.15) is 0 Å². The molecule has 19 heavy (non-hydrogen) atoms. The minimum atomic E-state index is -0.345. The van der Waals surface area contributed by atoms with Crippen LogP contribution < -0.4 is 5.73 Å². The minimum absolute atomic E-state index is 0. The largest absolute Gasteiger partial charge is 0.337 e. The topological polar surface area (TPSA) is 46.3 Å². The van der Waals surface area contributed by atoms with Crippen LogP contribution in [0.15, 0.2) is 24.3 Å². The Kier molecular flexibility index (Phi) is 6.69. The normalized spacial score (nSPS) is 15.4. The Hall–Kier alpha value is -0.710. The van der Waals surface area contributed by atoms with Crippen molar-refractivity contribution >= 4 is 30.1 Å². The zero-order chi connectivity index (χ0) is 13.0. The summed E-state index contributed by atoms with van der Waals surface area (Å²) in [6, 6.07) is 7.98. The monoisotopic (exact) mass is 300 g/mol. The first-order valence-electron chi connectivity index (χ1n) is 6.32. The Labute approximate surface area is 125 Å². The van der Waals surface area contributed by atoms with E-state index in [1.54, 1.807) is 11.8 Å². The summed E-state index contributed by atoms with van der Waals surface area (Å²) in [6.45, 7) is 1.50. The van der Waals surface area contributed by atoms with E-state index in [0.717, 1.165) is 25.1 Å². The molecular weight excluding hydrogens is 280 g/mol. The summed E-state index contributed by atoms with van der Waals surface area (Å²) in [4.78, 5) is 14.1. The quantitative estimate of drug-likeness (QED) is 0.926. The number of amides is 1. The number of benzene rings is 1. The summed E-state index contributed by atoms with van der Waals surface area (Å²) in [7, 11) is 0. The molecule has 1 aliphatic rings. The van der Waals surface area contributed by atoms with Gasteiger partial charge in [-0.1, -0.05) is 24.3 Å². The molecule has 5 heteroatoms. The molecule has 1 aliphatic heterocycles. The third-order valence-corrected chi connectivity index (χ3v) is 4.04. The molecule has 1 amide bonds. The van der Waals surface area contributed by atoms with E-state index in [1.165, 1.54) is 11.1 Å². The van der Waals surface area contributed by atoms with Crippen LogP contribution in [0.4, 0.5) is 0 Å². The first-order valence-corrected chi connectivity index (χ1v) is 7.72. The number of fused-ring (bicyclic) bond motifs is 1. The van der Waals surface area contributed by atoms with Crippen molar-refractivity contribution in [3.05, 3.63) is 35.4 Å². The fourth-order valence-corrected chi connectivity index (χ4v) is 2.78. The van der Waals surface area contributed by atoms with Crippen molar-refractivity contribution in [1.29, 1.82) is 0 Å². The van der Waals surface area contributed by atoms with Gasteiger partial charge in [-0.15, -0.1) is 12.4 Å². The fourth-order valence-electron chi connectivity index (χ4n) is 2.29. The lowest BCUT2D eigenvalue weighted by atomic mass is 9.99. The Bertz CT molecular complexity index is 428. The van der Waals surface area contributed by atoms with Crippen LogP contribution in [0.5, 0.6) is 0 Å². The summed E-state index contributed by atoms with van der Waals surface area (Å²) in [5.74, 6) is 1.04. The van der Waals surface area contributed by atoms with Crippen LogP contribution in [0.1, 0.15) is 17.5 Å². The summed E-state index contributed by atoms with van der Waals surface area (Å²) in [5, 5.41) is 0. The van der Waals surface area contributed by atoms with Gasteiger partial charge < -0.3 is 10.6 Å².